The molecule has 1 aromatic rings. The Morgan fingerprint density at radius 3 is 2.41 bits per heavy atom. The predicted octanol–water partition coefficient (Wildman–Crippen LogP) is 1.62. The van der Waals surface area contributed by atoms with Gasteiger partial charge in [0.25, 0.3) is 0 Å². The predicted molar refractivity (Wildman–Crippen MR) is 67.5 cm³/mol. The van der Waals surface area contributed by atoms with Crippen LogP contribution in [0.5, 0.6) is 0 Å². The van der Waals surface area contributed by atoms with Gasteiger partial charge >= 0.3 is 5.97 Å². The molecular formula is C12H14BrNO3. The van der Waals surface area contributed by atoms with Crippen LogP contribution in [-0.4, -0.2) is 37.5 Å². The molecule has 4 nitrogen and oxygen atoms in total. The Bertz CT molecular complexity index is 403. The van der Waals surface area contributed by atoms with Crippen LogP contribution in [0.2, 0.25) is 0 Å². The SMILES string of the molecule is COC(=O)CN(C)C(=O)Cc1ccc(Br)cc1. The Hall–Kier alpha value is -1.36. The monoisotopic (exact) mass is 299 g/mol. The molecule has 17 heavy (non-hydrogen) atoms. The maximum Gasteiger partial charge on any atom is 0.325 e. The highest BCUT2D eigenvalue weighted by molar-refractivity contribution is 9.10. The first-order valence-corrected chi connectivity index (χ1v) is 5.87. The maximum absolute atomic E-state index is 11.8. The summed E-state index contributed by atoms with van der Waals surface area (Å²) in [7, 11) is 2.88. The summed E-state index contributed by atoms with van der Waals surface area (Å²) >= 11 is 3.33. The molecule has 0 atom stereocenters. The van der Waals surface area contributed by atoms with Crippen LogP contribution in [0, 0.1) is 0 Å². The van der Waals surface area contributed by atoms with Crippen molar-refractivity contribution in [1.82, 2.24) is 4.90 Å². The van der Waals surface area contributed by atoms with E-state index in [0.717, 1.165) is 10.0 Å². The number of ether oxygens (including phenoxy) is 1. The number of methoxy groups -OCH3 is 1. The molecule has 5 heteroatoms. The molecule has 0 aliphatic heterocycles. The average molecular weight is 300 g/mol. The molecule has 0 N–H and O–H groups in total. The Morgan fingerprint density at radius 1 is 1.29 bits per heavy atom. The Labute approximate surface area is 109 Å². The minimum Gasteiger partial charge on any atom is -0.468 e. The van der Waals surface area contributed by atoms with E-state index in [2.05, 4.69) is 20.7 Å². The van der Waals surface area contributed by atoms with Gasteiger partial charge < -0.3 is 9.64 Å². The summed E-state index contributed by atoms with van der Waals surface area (Å²) < 4.78 is 5.47. The largest absolute Gasteiger partial charge is 0.468 e. The number of halogens is 1. The highest BCUT2D eigenvalue weighted by Crippen LogP contribution is 2.11. The summed E-state index contributed by atoms with van der Waals surface area (Å²) in [6.07, 6.45) is 0.279. The maximum atomic E-state index is 11.8. The molecule has 92 valence electrons. The van der Waals surface area contributed by atoms with Crippen molar-refractivity contribution in [3.05, 3.63) is 34.3 Å². The lowest BCUT2D eigenvalue weighted by molar-refractivity contribution is -0.145. The number of carbonyl (C=O) groups is 2. The van der Waals surface area contributed by atoms with Crippen molar-refractivity contribution in [3.63, 3.8) is 0 Å². The number of rotatable bonds is 4. The van der Waals surface area contributed by atoms with Crippen LogP contribution in [0.4, 0.5) is 0 Å². The van der Waals surface area contributed by atoms with E-state index in [0.29, 0.717) is 0 Å². The zero-order valence-electron chi connectivity index (χ0n) is 9.77. The molecule has 1 rings (SSSR count). The van der Waals surface area contributed by atoms with Gasteiger partial charge in [0.15, 0.2) is 0 Å². The number of hydrogen-bond donors (Lipinski definition) is 0. The number of likely N-dealkylation sites (N-methyl/N-ethyl adjacent to an activating group) is 1. The molecule has 0 saturated carbocycles. The molecule has 0 aliphatic carbocycles. The van der Waals surface area contributed by atoms with Crippen molar-refractivity contribution in [3.8, 4) is 0 Å². The molecule has 0 fully saturated rings. The van der Waals surface area contributed by atoms with E-state index in [1.54, 1.807) is 7.05 Å². The van der Waals surface area contributed by atoms with Gasteiger partial charge in [0.1, 0.15) is 6.54 Å². The molecule has 0 aliphatic rings. The van der Waals surface area contributed by atoms with Crippen molar-refractivity contribution >= 4 is 27.8 Å². The summed E-state index contributed by atoms with van der Waals surface area (Å²) in [5, 5.41) is 0. The number of benzene rings is 1. The Kier molecular flexibility index (Phi) is 5.15. The van der Waals surface area contributed by atoms with Crippen LogP contribution < -0.4 is 0 Å². The van der Waals surface area contributed by atoms with Crippen molar-refractivity contribution in [2.45, 2.75) is 6.42 Å². The first kappa shape index (κ1) is 13.7. The standard InChI is InChI=1S/C12H14BrNO3/c1-14(8-12(16)17-2)11(15)7-9-3-5-10(13)6-4-9/h3-6H,7-8H2,1-2H3. The van der Waals surface area contributed by atoms with Gasteiger partial charge in [-0.1, -0.05) is 28.1 Å². The van der Waals surface area contributed by atoms with E-state index in [1.807, 2.05) is 24.3 Å². The summed E-state index contributed by atoms with van der Waals surface area (Å²) in [5.74, 6) is -0.533. The van der Waals surface area contributed by atoms with Gasteiger partial charge in [0.05, 0.1) is 13.5 Å². The minimum absolute atomic E-state index is 0.0220. The van der Waals surface area contributed by atoms with E-state index in [9.17, 15) is 9.59 Å². The van der Waals surface area contributed by atoms with E-state index in [1.165, 1.54) is 12.0 Å². The number of carbonyl (C=O) groups excluding carboxylic acids is 2. The third-order valence-electron chi connectivity index (χ3n) is 2.29. The van der Waals surface area contributed by atoms with Crippen LogP contribution in [0.3, 0.4) is 0 Å². The fourth-order valence-electron chi connectivity index (χ4n) is 1.26. The van der Waals surface area contributed by atoms with Crippen molar-refractivity contribution in [1.29, 1.82) is 0 Å². The topological polar surface area (TPSA) is 46.6 Å². The fourth-order valence-corrected chi connectivity index (χ4v) is 1.52. The summed E-state index contributed by atoms with van der Waals surface area (Å²) in [6, 6.07) is 7.49. The van der Waals surface area contributed by atoms with Gasteiger partial charge in [-0.05, 0) is 17.7 Å². The number of hydrogen-bond acceptors (Lipinski definition) is 3. The lowest BCUT2D eigenvalue weighted by Gasteiger charge is -2.15. The van der Waals surface area contributed by atoms with Gasteiger partial charge in [-0.2, -0.15) is 0 Å². The first-order chi connectivity index (χ1) is 8.02. The fraction of sp³-hybridized carbons (Fsp3) is 0.333. The summed E-state index contributed by atoms with van der Waals surface area (Å²) in [4.78, 5) is 24.1. The highest BCUT2D eigenvalue weighted by atomic mass is 79.9. The van der Waals surface area contributed by atoms with E-state index < -0.39 is 5.97 Å². The molecule has 0 radical (unpaired) electrons. The highest BCUT2D eigenvalue weighted by Gasteiger charge is 2.13. The van der Waals surface area contributed by atoms with E-state index in [4.69, 9.17) is 0 Å². The number of esters is 1. The van der Waals surface area contributed by atoms with Crippen LogP contribution in [0.1, 0.15) is 5.56 Å². The lowest BCUT2D eigenvalue weighted by Crippen LogP contribution is -2.33. The van der Waals surface area contributed by atoms with Gasteiger partial charge in [0, 0.05) is 11.5 Å². The summed E-state index contributed by atoms with van der Waals surface area (Å²) in [5.41, 5.74) is 0.912. The van der Waals surface area contributed by atoms with Gasteiger partial charge in [0.2, 0.25) is 5.91 Å². The second-order valence-corrected chi connectivity index (χ2v) is 4.54. The molecule has 1 amide bonds. The van der Waals surface area contributed by atoms with Crippen molar-refractivity contribution in [2.24, 2.45) is 0 Å². The average Bonchev–Trinajstić information content (AvgIpc) is 2.31. The zero-order valence-corrected chi connectivity index (χ0v) is 11.4. The zero-order chi connectivity index (χ0) is 12.8. The number of nitrogens with zero attached hydrogens (tertiary/aromatic N) is 1. The minimum atomic E-state index is -0.420. The third-order valence-corrected chi connectivity index (χ3v) is 2.82. The molecule has 0 heterocycles. The molecule has 0 saturated heterocycles. The van der Waals surface area contributed by atoms with Gasteiger partial charge in [-0.15, -0.1) is 0 Å². The molecule has 0 spiro atoms. The van der Waals surface area contributed by atoms with Crippen molar-refractivity contribution < 1.29 is 14.3 Å². The second-order valence-electron chi connectivity index (χ2n) is 3.63. The lowest BCUT2D eigenvalue weighted by atomic mass is 10.1. The molecule has 1 aromatic carbocycles. The third kappa shape index (κ3) is 4.56. The smallest absolute Gasteiger partial charge is 0.325 e. The Balaban J connectivity index is 2.54. The van der Waals surface area contributed by atoms with Crippen LogP contribution >= 0.6 is 15.9 Å². The molecule has 0 aromatic heterocycles. The number of amides is 1. The van der Waals surface area contributed by atoms with Gasteiger partial charge in [-0.3, -0.25) is 9.59 Å². The first-order valence-electron chi connectivity index (χ1n) is 5.08. The summed E-state index contributed by atoms with van der Waals surface area (Å²) in [6.45, 7) is -0.0220. The van der Waals surface area contributed by atoms with E-state index in [-0.39, 0.29) is 18.9 Å². The second kappa shape index (κ2) is 6.39. The molecule has 0 unspecified atom stereocenters. The quantitative estimate of drug-likeness (QED) is 0.794. The van der Waals surface area contributed by atoms with E-state index >= 15 is 0 Å². The van der Waals surface area contributed by atoms with Crippen LogP contribution in [0.15, 0.2) is 28.7 Å². The van der Waals surface area contributed by atoms with Crippen LogP contribution in [-0.2, 0) is 20.7 Å². The Morgan fingerprint density at radius 2 is 1.88 bits per heavy atom. The molecular weight excluding hydrogens is 286 g/mol. The van der Waals surface area contributed by atoms with Gasteiger partial charge in [-0.25, -0.2) is 0 Å². The van der Waals surface area contributed by atoms with Crippen molar-refractivity contribution in [2.75, 3.05) is 20.7 Å². The normalized spacial score (nSPS) is 9.82. The molecule has 0 bridgehead atoms. The van der Waals surface area contributed by atoms with Crippen LogP contribution in [0.25, 0.3) is 0 Å².